The van der Waals surface area contributed by atoms with Crippen molar-refractivity contribution in [1.29, 1.82) is 0 Å². The van der Waals surface area contributed by atoms with Crippen LogP contribution in [0.5, 0.6) is 0 Å². The van der Waals surface area contributed by atoms with Gasteiger partial charge in [-0.1, -0.05) is 26.0 Å². The highest BCUT2D eigenvalue weighted by Crippen LogP contribution is 2.15. The first-order valence-electron chi connectivity index (χ1n) is 7.03. The van der Waals surface area contributed by atoms with Crippen LogP contribution >= 0.6 is 0 Å². The molecule has 1 atom stereocenters. The van der Waals surface area contributed by atoms with Gasteiger partial charge >= 0.3 is 6.03 Å². The summed E-state index contributed by atoms with van der Waals surface area (Å²) in [4.78, 5) is 23.8. The van der Waals surface area contributed by atoms with Crippen molar-refractivity contribution in [2.45, 2.75) is 39.7 Å². The van der Waals surface area contributed by atoms with E-state index in [9.17, 15) is 9.59 Å². The number of urea groups is 1. The first kappa shape index (κ1) is 16.0. The molecule has 0 bridgehead atoms. The normalized spacial score (nSPS) is 11.6. The summed E-state index contributed by atoms with van der Waals surface area (Å²) in [6, 6.07) is 6.79. The van der Waals surface area contributed by atoms with Crippen molar-refractivity contribution < 1.29 is 9.59 Å². The fourth-order valence-electron chi connectivity index (χ4n) is 1.60. The Bertz CT molecular complexity index is 460. The Morgan fingerprint density at radius 1 is 1.20 bits per heavy atom. The second-order valence-electron chi connectivity index (χ2n) is 4.71. The summed E-state index contributed by atoms with van der Waals surface area (Å²) in [5.41, 5.74) is 0.987. The van der Waals surface area contributed by atoms with Gasteiger partial charge in [0.05, 0.1) is 11.3 Å². The summed E-state index contributed by atoms with van der Waals surface area (Å²) in [5, 5.41) is 8.32. The molecule has 110 valence electrons. The molecule has 1 aromatic carbocycles. The Labute approximate surface area is 120 Å². The minimum atomic E-state index is -0.296. The third-order valence-electron chi connectivity index (χ3n) is 2.95. The molecule has 0 radical (unpaired) electrons. The van der Waals surface area contributed by atoms with Crippen molar-refractivity contribution in [3.05, 3.63) is 29.8 Å². The van der Waals surface area contributed by atoms with Gasteiger partial charge in [0.15, 0.2) is 0 Å². The van der Waals surface area contributed by atoms with Crippen LogP contribution in [-0.2, 0) is 0 Å². The number of anilines is 1. The molecule has 5 heteroatoms. The molecular weight excluding hydrogens is 254 g/mol. The number of carbonyl (C=O) groups is 2. The number of hydrogen-bond donors (Lipinski definition) is 3. The molecule has 0 aliphatic heterocycles. The molecule has 0 fully saturated rings. The van der Waals surface area contributed by atoms with Crippen molar-refractivity contribution in [2.24, 2.45) is 0 Å². The van der Waals surface area contributed by atoms with E-state index in [1.165, 1.54) is 0 Å². The number of amides is 3. The van der Waals surface area contributed by atoms with Crippen LogP contribution in [0.4, 0.5) is 10.5 Å². The molecule has 3 N–H and O–H groups in total. The lowest BCUT2D eigenvalue weighted by atomic mass is 10.1. The van der Waals surface area contributed by atoms with E-state index < -0.39 is 0 Å². The van der Waals surface area contributed by atoms with E-state index in [1.54, 1.807) is 24.3 Å². The third kappa shape index (κ3) is 4.91. The van der Waals surface area contributed by atoms with Crippen molar-refractivity contribution in [2.75, 3.05) is 11.9 Å². The molecule has 3 amide bonds. The number of benzene rings is 1. The van der Waals surface area contributed by atoms with Crippen LogP contribution in [0.1, 0.15) is 44.0 Å². The molecule has 5 nitrogen and oxygen atoms in total. The molecule has 0 aliphatic rings. The van der Waals surface area contributed by atoms with Crippen LogP contribution in [0.25, 0.3) is 0 Å². The van der Waals surface area contributed by atoms with E-state index >= 15 is 0 Å². The number of nitrogens with one attached hydrogen (secondary N) is 3. The highest BCUT2D eigenvalue weighted by Gasteiger charge is 2.14. The van der Waals surface area contributed by atoms with Crippen LogP contribution in [0.15, 0.2) is 24.3 Å². The summed E-state index contributed by atoms with van der Waals surface area (Å²) >= 11 is 0. The fourth-order valence-corrected chi connectivity index (χ4v) is 1.60. The largest absolute Gasteiger partial charge is 0.350 e. The zero-order chi connectivity index (χ0) is 15.0. The monoisotopic (exact) mass is 277 g/mol. The van der Waals surface area contributed by atoms with Crippen LogP contribution in [-0.4, -0.2) is 24.5 Å². The van der Waals surface area contributed by atoms with Crippen LogP contribution in [0.3, 0.4) is 0 Å². The Balaban J connectivity index is 2.77. The van der Waals surface area contributed by atoms with E-state index in [-0.39, 0.29) is 18.0 Å². The predicted molar refractivity (Wildman–Crippen MR) is 81.0 cm³/mol. The highest BCUT2D eigenvalue weighted by atomic mass is 16.2. The van der Waals surface area contributed by atoms with Crippen molar-refractivity contribution in [3.8, 4) is 0 Å². The zero-order valence-electron chi connectivity index (χ0n) is 12.3. The molecule has 0 heterocycles. The number of rotatable bonds is 6. The summed E-state index contributed by atoms with van der Waals surface area (Å²) in [6.07, 6.45) is 1.72. The van der Waals surface area contributed by atoms with E-state index in [1.807, 2.05) is 20.8 Å². The van der Waals surface area contributed by atoms with Gasteiger partial charge in [-0.05, 0) is 31.9 Å². The standard InChI is InChI=1S/C15H23N3O2/c1-4-10-16-15(20)18-13-9-7-6-8-12(13)14(19)17-11(3)5-2/h6-9,11H,4-5,10H2,1-3H3,(H,17,19)(H2,16,18,20). The van der Waals surface area contributed by atoms with E-state index in [4.69, 9.17) is 0 Å². The first-order chi connectivity index (χ1) is 9.58. The smallest absolute Gasteiger partial charge is 0.319 e. The lowest BCUT2D eigenvalue weighted by Gasteiger charge is -2.14. The molecule has 0 aromatic heterocycles. The predicted octanol–water partition coefficient (Wildman–Crippen LogP) is 2.75. The minimum absolute atomic E-state index is 0.101. The topological polar surface area (TPSA) is 70.2 Å². The maximum Gasteiger partial charge on any atom is 0.319 e. The van der Waals surface area contributed by atoms with Crippen molar-refractivity contribution in [3.63, 3.8) is 0 Å². The second kappa shape index (κ2) is 8.19. The average molecular weight is 277 g/mol. The Morgan fingerprint density at radius 3 is 2.55 bits per heavy atom. The van der Waals surface area contributed by atoms with Gasteiger partial charge in [0, 0.05) is 12.6 Å². The van der Waals surface area contributed by atoms with E-state index in [0.717, 1.165) is 12.8 Å². The third-order valence-corrected chi connectivity index (χ3v) is 2.95. The summed E-state index contributed by atoms with van der Waals surface area (Å²) < 4.78 is 0. The van der Waals surface area contributed by atoms with Crippen LogP contribution in [0, 0.1) is 0 Å². The van der Waals surface area contributed by atoms with Gasteiger partial charge in [-0.3, -0.25) is 4.79 Å². The molecule has 0 spiro atoms. The quantitative estimate of drug-likeness (QED) is 0.748. The minimum Gasteiger partial charge on any atom is -0.350 e. The van der Waals surface area contributed by atoms with Gasteiger partial charge in [0.25, 0.3) is 5.91 Å². The average Bonchev–Trinajstić information content (AvgIpc) is 2.45. The first-order valence-corrected chi connectivity index (χ1v) is 7.03. The SMILES string of the molecule is CCCNC(=O)Nc1ccccc1C(=O)NC(C)CC. The summed E-state index contributed by atoms with van der Waals surface area (Å²) in [6.45, 7) is 6.54. The van der Waals surface area contributed by atoms with E-state index in [0.29, 0.717) is 17.8 Å². The van der Waals surface area contributed by atoms with E-state index in [2.05, 4.69) is 16.0 Å². The number of hydrogen-bond acceptors (Lipinski definition) is 2. The van der Waals surface area contributed by atoms with Gasteiger partial charge in [0.2, 0.25) is 0 Å². The molecule has 0 saturated heterocycles. The molecule has 20 heavy (non-hydrogen) atoms. The van der Waals surface area contributed by atoms with Crippen LogP contribution < -0.4 is 16.0 Å². The van der Waals surface area contributed by atoms with Crippen molar-refractivity contribution >= 4 is 17.6 Å². The zero-order valence-corrected chi connectivity index (χ0v) is 12.3. The van der Waals surface area contributed by atoms with Crippen LogP contribution in [0.2, 0.25) is 0 Å². The molecule has 1 unspecified atom stereocenters. The lowest BCUT2D eigenvalue weighted by Crippen LogP contribution is -2.34. The van der Waals surface area contributed by atoms with Gasteiger partial charge in [-0.25, -0.2) is 4.79 Å². The maximum atomic E-state index is 12.1. The number of carbonyl (C=O) groups excluding carboxylic acids is 2. The van der Waals surface area contributed by atoms with Gasteiger partial charge in [-0.2, -0.15) is 0 Å². The molecule has 0 aliphatic carbocycles. The molecule has 1 rings (SSSR count). The summed E-state index contributed by atoms with van der Waals surface area (Å²) in [7, 11) is 0. The van der Waals surface area contributed by atoms with Gasteiger partial charge < -0.3 is 16.0 Å². The fraction of sp³-hybridized carbons (Fsp3) is 0.467. The highest BCUT2D eigenvalue weighted by molar-refractivity contribution is 6.03. The summed E-state index contributed by atoms with van der Waals surface area (Å²) in [5.74, 6) is -0.175. The molecule has 1 aromatic rings. The Hall–Kier alpha value is -2.04. The van der Waals surface area contributed by atoms with Crippen molar-refractivity contribution in [1.82, 2.24) is 10.6 Å². The second-order valence-corrected chi connectivity index (χ2v) is 4.71. The van der Waals surface area contributed by atoms with Gasteiger partial charge in [-0.15, -0.1) is 0 Å². The number of para-hydroxylation sites is 1. The molecule has 0 saturated carbocycles. The van der Waals surface area contributed by atoms with Gasteiger partial charge in [0.1, 0.15) is 0 Å². The maximum absolute atomic E-state index is 12.1. The lowest BCUT2D eigenvalue weighted by molar-refractivity contribution is 0.0940. The Morgan fingerprint density at radius 2 is 1.90 bits per heavy atom. The molecular formula is C15H23N3O2. The Kier molecular flexibility index (Phi) is 6.56.